The van der Waals surface area contributed by atoms with Gasteiger partial charge in [0.2, 0.25) is 5.85 Å². The van der Waals surface area contributed by atoms with E-state index in [1.165, 1.54) is 13.8 Å². The molecule has 0 bridgehead atoms. The lowest BCUT2D eigenvalue weighted by Gasteiger charge is -2.24. The molecule has 8 heteroatoms. The number of carbonyl (C=O) groups excluding carboxylic acids is 2. The summed E-state index contributed by atoms with van der Waals surface area (Å²) < 4.78 is 27.6. The Morgan fingerprint density at radius 3 is 2.05 bits per heavy atom. The second-order valence-electron chi connectivity index (χ2n) is 4.65. The Morgan fingerprint density at radius 1 is 1.09 bits per heavy atom. The molecule has 22 heavy (non-hydrogen) atoms. The Labute approximate surface area is 130 Å². The van der Waals surface area contributed by atoms with Crippen LogP contribution < -0.4 is 0 Å². The first-order valence-corrected chi connectivity index (χ1v) is 8.45. The van der Waals surface area contributed by atoms with Crippen molar-refractivity contribution in [3.63, 3.8) is 0 Å². The lowest BCUT2D eigenvalue weighted by atomic mass is 10.4. The number of hydrogen-bond donors (Lipinski definition) is 0. The molecule has 0 N–H and O–H groups in total. The van der Waals surface area contributed by atoms with Crippen molar-refractivity contribution in [2.24, 2.45) is 0 Å². The molecule has 0 saturated carbocycles. The van der Waals surface area contributed by atoms with Crippen molar-refractivity contribution in [2.75, 3.05) is 6.61 Å². The van der Waals surface area contributed by atoms with E-state index in [1.54, 1.807) is 13.8 Å². The Morgan fingerprint density at radius 2 is 1.64 bits per heavy atom. The topological polar surface area (TPSA) is 88.1 Å². The molecule has 0 aliphatic rings. The molecule has 0 aliphatic carbocycles. The zero-order valence-electron chi connectivity index (χ0n) is 13.4. The van der Waals surface area contributed by atoms with Crippen molar-refractivity contribution >= 4 is 19.5 Å². The Balaban J connectivity index is 5.13. The summed E-state index contributed by atoms with van der Waals surface area (Å²) in [6.45, 7) is 13.2. The Bertz CT molecular complexity index is 484. The number of rotatable bonds is 10. The van der Waals surface area contributed by atoms with Gasteiger partial charge in [-0.2, -0.15) is 0 Å². The molecule has 0 radical (unpaired) electrons. The fourth-order valence-corrected chi connectivity index (χ4v) is 2.71. The molecule has 0 aromatic carbocycles. The first-order valence-electron chi connectivity index (χ1n) is 6.84. The molecule has 0 fully saturated rings. The van der Waals surface area contributed by atoms with Crippen LogP contribution in [0.4, 0.5) is 0 Å². The molecule has 7 nitrogen and oxygen atoms in total. The highest BCUT2D eigenvalue weighted by molar-refractivity contribution is 7.54. The molecule has 2 atom stereocenters. The van der Waals surface area contributed by atoms with E-state index in [4.69, 9.17) is 13.9 Å². The van der Waals surface area contributed by atoms with Crippen molar-refractivity contribution in [2.45, 2.75) is 46.4 Å². The van der Waals surface area contributed by atoms with Crippen LogP contribution in [0.25, 0.3) is 0 Å². The van der Waals surface area contributed by atoms with Crippen LogP contribution in [0.2, 0.25) is 0 Å². The van der Waals surface area contributed by atoms with Crippen molar-refractivity contribution < 1.29 is 33.0 Å². The molecule has 0 aromatic heterocycles. The number of carbonyl (C=O) groups is 2. The van der Waals surface area contributed by atoms with Crippen molar-refractivity contribution in [3.05, 3.63) is 24.3 Å². The fraction of sp³-hybridized carbons (Fsp3) is 0.571. The number of ether oxygens (including phenoxy) is 1. The van der Waals surface area contributed by atoms with Gasteiger partial charge >= 0.3 is 19.5 Å². The van der Waals surface area contributed by atoms with Gasteiger partial charge < -0.3 is 9.26 Å². The maximum absolute atomic E-state index is 12.7. The van der Waals surface area contributed by atoms with E-state index >= 15 is 0 Å². The summed E-state index contributed by atoms with van der Waals surface area (Å²) in [5.74, 6) is -2.83. The van der Waals surface area contributed by atoms with E-state index in [1.807, 2.05) is 0 Å². The van der Waals surface area contributed by atoms with Gasteiger partial charge in [0.05, 0.1) is 6.61 Å². The van der Waals surface area contributed by atoms with Crippen LogP contribution in [0, 0.1) is 0 Å². The highest BCUT2D eigenvalue weighted by atomic mass is 31.2. The second-order valence-corrected chi connectivity index (χ2v) is 6.71. The van der Waals surface area contributed by atoms with E-state index in [-0.39, 0.29) is 24.2 Å². The minimum absolute atomic E-state index is 0.0639. The summed E-state index contributed by atoms with van der Waals surface area (Å²) in [5.41, 5.74) is 0.202. The largest absolute Gasteiger partial charge is 0.446 e. The van der Waals surface area contributed by atoms with Gasteiger partial charge in [0.1, 0.15) is 0 Å². The van der Waals surface area contributed by atoms with Crippen molar-refractivity contribution in [1.29, 1.82) is 0 Å². The lowest BCUT2D eigenvalue weighted by molar-refractivity contribution is -0.215. The third-order valence-corrected chi connectivity index (χ3v) is 4.33. The molecule has 0 aliphatic heterocycles. The SMILES string of the molecule is C=C(C)C(=O)OOP(=O)(OCCC)C(CC)OC(=O)C(=C)C. The van der Waals surface area contributed by atoms with Gasteiger partial charge in [-0.25, -0.2) is 9.59 Å². The van der Waals surface area contributed by atoms with E-state index < -0.39 is 25.4 Å². The fourth-order valence-electron chi connectivity index (χ4n) is 1.12. The normalized spacial score (nSPS) is 14.5. The van der Waals surface area contributed by atoms with Crippen LogP contribution in [-0.2, 0) is 33.0 Å². The summed E-state index contributed by atoms with van der Waals surface area (Å²) in [6.07, 6.45) is 0.692. The zero-order valence-corrected chi connectivity index (χ0v) is 14.3. The molecule has 0 rings (SSSR count). The summed E-state index contributed by atoms with van der Waals surface area (Å²) in [6, 6.07) is 0. The van der Waals surface area contributed by atoms with Gasteiger partial charge in [-0.05, 0) is 26.7 Å². The average molecular weight is 334 g/mol. The molecule has 0 amide bonds. The summed E-state index contributed by atoms with van der Waals surface area (Å²) in [7, 11) is -4.00. The number of hydrogen-bond acceptors (Lipinski definition) is 7. The van der Waals surface area contributed by atoms with Crippen LogP contribution in [0.5, 0.6) is 0 Å². The van der Waals surface area contributed by atoms with Crippen molar-refractivity contribution in [3.8, 4) is 0 Å². The zero-order chi connectivity index (χ0) is 17.3. The maximum Gasteiger partial charge on any atom is 0.408 e. The van der Waals surface area contributed by atoms with Gasteiger partial charge in [0, 0.05) is 11.1 Å². The van der Waals surface area contributed by atoms with Crippen LogP contribution in [0.15, 0.2) is 24.3 Å². The summed E-state index contributed by atoms with van der Waals surface area (Å²) >= 11 is 0. The lowest BCUT2D eigenvalue weighted by Crippen LogP contribution is -2.22. The molecular formula is C14H23O7P. The van der Waals surface area contributed by atoms with Crippen LogP contribution in [0.3, 0.4) is 0 Å². The summed E-state index contributed by atoms with van der Waals surface area (Å²) in [5, 5.41) is 0. The first-order chi connectivity index (χ1) is 10.2. The van der Waals surface area contributed by atoms with Crippen LogP contribution in [-0.4, -0.2) is 24.4 Å². The predicted molar refractivity (Wildman–Crippen MR) is 80.8 cm³/mol. The van der Waals surface area contributed by atoms with Gasteiger partial charge in [-0.15, -0.1) is 0 Å². The minimum atomic E-state index is -4.00. The first kappa shape index (κ1) is 20.6. The van der Waals surface area contributed by atoms with Gasteiger partial charge in [0.15, 0.2) is 0 Å². The van der Waals surface area contributed by atoms with E-state index in [2.05, 4.69) is 18.0 Å². The monoisotopic (exact) mass is 334 g/mol. The molecule has 126 valence electrons. The average Bonchev–Trinajstić information content (AvgIpc) is 2.47. The number of esters is 1. The van der Waals surface area contributed by atoms with Gasteiger partial charge in [-0.1, -0.05) is 31.7 Å². The standard InChI is InChI=1S/C14H23O7P/c1-7-9-18-22(17,21-20-14(16)11(5)6)12(8-2)19-13(15)10(3)4/h12H,3,5,7-9H2,1-2,4,6H3. The minimum Gasteiger partial charge on any atom is -0.446 e. The Hall–Kier alpha value is -1.43. The molecule has 0 saturated heterocycles. The van der Waals surface area contributed by atoms with E-state index in [9.17, 15) is 14.2 Å². The van der Waals surface area contributed by atoms with E-state index in [0.717, 1.165) is 0 Å². The predicted octanol–water partition coefficient (Wildman–Crippen LogP) is 3.51. The smallest absolute Gasteiger partial charge is 0.408 e. The Kier molecular flexibility index (Phi) is 8.94. The maximum atomic E-state index is 12.7. The molecule has 2 unspecified atom stereocenters. The second kappa shape index (κ2) is 9.56. The van der Waals surface area contributed by atoms with Crippen LogP contribution >= 0.6 is 7.60 Å². The quantitative estimate of drug-likeness (QED) is 0.198. The van der Waals surface area contributed by atoms with Gasteiger partial charge in [0.25, 0.3) is 0 Å². The molecular weight excluding hydrogens is 311 g/mol. The van der Waals surface area contributed by atoms with Crippen LogP contribution in [0.1, 0.15) is 40.5 Å². The third kappa shape index (κ3) is 6.56. The third-order valence-electron chi connectivity index (χ3n) is 2.33. The highest BCUT2D eigenvalue weighted by Crippen LogP contribution is 2.55. The molecule has 0 aromatic rings. The summed E-state index contributed by atoms with van der Waals surface area (Å²) in [4.78, 5) is 27.4. The van der Waals surface area contributed by atoms with Crippen molar-refractivity contribution in [1.82, 2.24) is 0 Å². The van der Waals surface area contributed by atoms with Gasteiger partial charge in [-0.3, -0.25) is 9.45 Å². The van der Waals surface area contributed by atoms with E-state index in [0.29, 0.717) is 6.42 Å². The molecule has 0 heterocycles. The molecule has 0 spiro atoms. The highest BCUT2D eigenvalue weighted by Gasteiger charge is 2.41.